The van der Waals surface area contributed by atoms with Crippen LogP contribution >= 0.6 is 12.2 Å². The second-order valence-corrected chi connectivity index (χ2v) is 5.03. The van der Waals surface area contributed by atoms with Gasteiger partial charge in [-0.2, -0.15) is 0 Å². The fourth-order valence-electron chi connectivity index (χ4n) is 2.29. The molecule has 1 saturated heterocycles. The van der Waals surface area contributed by atoms with Crippen molar-refractivity contribution in [2.24, 2.45) is 5.73 Å². The lowest BCUT2D eigenvalue weighted by atomic mass is 10.1. The highest BCUT2D eigenvalue weighted by molar-refractivity contribution is 7.80. The molecule has 0 radical (unpaired) electrons. The Morgan fingerprint density at radius 2 is 2.00 bits per heavy atom. The molecular weight excluding hydrogens is 244 g/mol. The Labute approximate surface area is 114 Å². The number of pyridine rings is 1. The molecule has 2 N–H and O–H groups in total. The largest absolute Gasteiger partial charge is 0.388 e. The number of piperazine rings is 1. The van der Waals surface area contributed by atoms with E-state index in [1.165, 1.54) is 0 Å². The molecule has 1 aliphatic heterocycles. The summed E-state index contributed by atoms with van der Waals surface area (Å²) < 4.78 is 0. The Balaban J connectivity index is 2.00. The van der Waals surface area contributed by atoms with E-state index in [2.05, 4.69) is 27.8 Å². The fourth-order valence-corrected chi connectivity index (χ4v) is 2.48. The summed E-state index contributed by atoms with van der Waals surface area (Å²) in [7, 11) is 0. The summed E-state index contributed by atoms with van der Waals surface area (Å²) in [4.78, 5) is 9.56. The molecule has 0 atom stereocenters. The smallest absolute Gasteiger partial charge is 0.123 e. The minimum Gasteiger partial charge on any atom is -0.388 e. The summed E-state index contributed by atoms with van der Waals surface area (Å²) in [5.41, 5.74) is 7.61. The van der Waals surface area contributed by atoms with Gasteiger partial charge < -0.3 is 10.6 Å². The Hall–Kier alpha value is -1.04. The topological polar surface area (TPSA) is 45.4 Å². The zero-order valence-electron chi connectivity index (χ0n) is 10.8. The van der Waals surface area contributed by atoms with Crippen LogP contribution in [0, 0.1) is 0 Å². The van der Waals surface area contributed by atoms with Crippen LogP contribution in [-0.2, 0) is 6.54 Å². The van der Waals surface area contributed by atoms with Gasteiger partial charge in [0.2, 0.25) is 0 Å². The molecule has 2 heterocycles. The number of hydrogen-bond acceptors (Lipinski definition) is 4. The molecule has 0 unspecified atom stereocenters. The van der Waals surface area contributed by atoms with Crippen LogP contribution in [0.1, 0.15) is 18.2 Å². The molecule has 1 aliphatic rings. The van der Waals surface area contributed by atoms with Crippen molar-refractivity contribution in [3.63, 3.8) is 0 Å². The van der Waals surface area contributed by atoms with E-state index in [4.69, 9.17) is 18.0 Å². The van der Waals surface area contributed by atoms with Crippen LogP contribution in [0.2, 0.25) is 0 Å². The van der Waals surface area contributed by atoms with Crippen LogP contribution in [0.25, 0.3) is 0 Å². The lowest BCUT2D eigenvalue weighted by Crippen LogP contribution is -2.45. The molecular formula is C13H20N4S. The minimum absolute atomic E-state index is 0.387. The summed E-state index contributed by atoms with van der Waals surface area (Å²) in [6.07, 6.45) is 1.74. The highest BCUT2D eigenvalue weighted by Gasteiger charge is 2.17. The normalized spacial score (nSPS) is 17.8. The van der Waals surface area contributed by atoms with Crippen molar-refractivity contribution in [1.29, 1.82) is 0 Å². The van der Waals surface area contributed by atoms with Crippen LogP contribution in [0.5, 0.6) is 0 Å². The number of rotatable bonds is 4. The van der Waals surface area contributed by atoms with Crippen LogP contribution in [0.3, 0.4) is 0 Å². The third-order valence-corrected chi connectivity index (χ3v) is 3.62. The quantitative estimate of drug-likeness (QED) is 0.817. The van der Waals surface area contributed by atoms with Gasteiger partial charge in [-0.25, -0.2) is 0 Å². The van der Waals surface area contributed by atoms with Crippen LogP contribution in [0.4, 0.5) is 0 Å². The SMILES string of the molecule is CCN1CCN(Cc2cccnc2C(N)=S)CC1. The first-order valence-electron chi connectivity index (χ1n) is 6.39. The van der Waals surface area contributed by atoms with Gasteiger partial charge in [0.05, 0.1) is 0 Å². The molecule has 0 bridgehead atoms. The molecule has 4 nitrogen and oxygen atoms in total. The summed E-state index contributed by atoms with van der Waals surface area (Å²) >= 11 is 5.04. The average molecular weight is 264 g/mol. The molecule has 0 aliphatic carbocycles. The first-order valence-corrected chi connectivity index (χ1v) is 6.80. The van der Waals surface area contributed by atoms with Gasteiger partial charge >= 0.3 is 0 Å². The first-order chi connectivity index (χ1) is 8.70. The van der Waals surface area contributed by atoms with Gasteiger partial charge in [-0.1, -0.05) is 25.2 Å². The average Bonchev–Trinajstić information content (AvgIpc) is 2.40. The van der Waals surface area contributed by atoms with Gasteiger partial charge in [-0.15, -0.1) is 0 Å². The summed E-state index contributed by atoms with van der Waals surface area (Å²) in [5.74, 6) is 0. The summed E-state index contributed by atoms with van der Waals surface area (Å²) in [6.45, 7) is 8.70. The Kier molecular flexibility index (Phi) is 4.63. The number of hydrogen-bond donors (Lipinski definition) is 1. The number of nitrogens with two attached hydrogens (primary N) is 1. The molecule has 2 rings (SSSR count). The first kappa shape index (κ1) is 13.4. The molecule has 0 aromatic carbocycles. The predicted molar refractivity (Wildman–Crippen MR) is 77.5 cm³/mol. The lowest BCUT2D eigenvalue weighted by molar-refractivity contribution is 0.132. The molecule has 18 heavy (non-hydrogen) atoms. The predicted octanol–water partition coefficient (Wildman–Crippen LogP) is 0.853. The van der Waals surface area contributed by atoms with Crippen molar-refractivity contribution in [2.75, 3.05) is 32.7 Å². The summed E-state index contributed by atoms with van der Waals surface area (Å²) in [5, 5.41) is 0. The fraction of sp³-hybridized carbons (Fsp3) is 0.538. The van der Waals surface area contributed by atoms with E-state index >= 15 is 0 Å². The van der Waals surface area contributed by atoms with E-state index in [0.29, 0.717) is 4.99 Å². The third kappa shape index (κ3) is 3.25. The number of nitrogens with zero attached hydrogens (tertiary/aromatic N) is 3. The Bertz CT molecular complexity index is 413. The van der Waals surface area contributed by atoms with E-state index in [-0.39, 0.29) is 0 Å². The van der Waals surface area contributed by atoms with Crippen LogP contribution in [0.15, 0.2) is 18.3 Å². The molecule has 1 fully saturated rings. The summed E-state index contributed by atoms with van der Waals surface area (Å²) in [6, 6.07) is 4.01. The Morgan fingerprint density at radius 1 is 1.33 bits per heavy atom. The van der Waals surface area contributed by atoms with Gasteiger partial charge in [0.15, 0.2) is 0 Å². The lowest BCUT2D eigenvalue weighted by Gasteiger charge is -2.34. The van der Waals surface area contributed by atoms with Gasteiger partial charge in [-0.3, -0.25) is 9.88 Å². The molecule has 98 valence electrons. The van der Waals surface area contributed by atoms with Crippen LogP contribution in [-0.4, -0.2) is 52.5 Å². The third-order valence-electron chi connectivity index (χ3n) is 3.43. The van der Waals surface area contributed by atoms with Crippen molar-refractivity contribution in [3.05, 3.63) is 29.6 Å². The maximum Gasteiger partial charge on any atom is 0.123 e. The van der Waals surface area contributed by atoms with Gasteiger partial charge in [0, 0.05) is 38.9 Å². The maximum absolute atomic E-state index is 5.71. The van der Waals surface area contributed by atoms with E-state index in [9.17, 15) is 0 Å². The second kappa shape index (κ2) is 6.22. The van der Waals surface area contributed by atoms with Crippen molar-refractivity contribution in [3.8, 4) is 0 Å². The molecule has 1 aromatic rings. The monoisotopic (exact) mass is 264 g/mol. The van der Waals surface area contributed by atoms with E-state index in [0.717, 1.165) is 50.5 Å². The van der Waals surface area contributed by atoms with Crippen molar-refractivity contribution < 1.29 is 0 Å². The Morgan fingerprint density at radius 3 is 2.61 bits per heavy atom. The number of likely N-dealkylation sites (N-methyl/N-ethyl adjacent to an activating group) is 1. The van der Waals surface area contributed by atoms with Crippen molar-refractivity contribution in [2.45, 2.75) is 13.5 Å². The number of thiocarbonyl (C=S) groups is 1. The zero-order valence-corrected chi connectivity index (χ0v) is 11.6. The minimum atomic E-state index is 0.387. The van der Waals surface area contributed by atoms with Crippen molar-refractivity contribution >= 4 is 17.2 Å². The van der Waals surface area contributed by atoms with Crippen molar-refractivity contribution in [1.82, 2.24) is 14.8 Å². The van der Waals surface area contributed by atoms with E-state index < -0.39 is 0 Å². The molecule has 0 saturated carbocycles. The van der Waals surface area contributed by atoms with E-state index in [1.807, 2.05) is 6.07 Å². The highest BCUT2D eigenvalue weighted by atomic mass is 32.1. The molecule has 0 spiro atoms. The second-order valence-electron chi connectivity index (χ2n) is 4.59. The number of aromatic nitrogens is 1. The molecule has 0 amide bonds. The molecule has 1 aromatic heterocycles. The van der Waals surface area contributed by atoms with Gasteiger partial charge in [0.25, 0.3) is 0 Å². The van der Waals surface area contributed by atoms with Gasteiger partial charge in [0.1, 0.15) is 10.7 Å². The maximum atomic E-state index is 5.71. The van der Waals surface area contributed by atoms with Crippen LogP contribution < -0.4 is 5.73 Å². The zero-order chi connectivity index (χ0) is 13.0. The molecule has 5 heteroatoms. The van der Waals surface area contributed by atoms with E-state index in [1.54, 1.807) is 6.20 Å². The standard InChI is InChI=1S/C13H20N4S/c1-2-16-6-8-17(9-7-16)10-11-4-3-5-15-12(11)13(14)18/h3-5H,2,6-10H2,1H3,(H2,14,18). The highest BCUT2D eigenvalue weighted by Crippen LogP contribution is 2.11. The van der Waals surface area contributed by atoms with Gasteiger partial charge in [-0.05, 0) is 18.2 Å².